The molecular formula is C25H30N6O. The van der Waals surface area contributed by atoms with Gasteiger partial charge in [-0.1, -0.05) is 33.1 Å². The molecule has 0 spiro atoms. The van der Waals surface area contributed by atoms with Gasteiger partial charge in [-0.25, -0.2) is 4.98 Å². The fourth-order valence-corrected chi connectivity index (χ4v) is 3.63. The molecule has 0 aromatic carbocycles. The largest absolute Gasteiger partial charge is 0.367 e. The summed E-state index contributed by atoms with van der Waals surface area (Å²) >= 11 is 0. The number of hydrogen-bond acceptors (Lipinski definition) is 5. The highest BCUT2D eigenvalue weighted by Crippen LogP contribution is 2.27. The Balaban J connectivity index is 0.00000141. The lowest BCUT2D eigenvalue weighted by Gasteiger charge is -2.32. The first-order valence-corrected chi connectivity index (χ1v) is 10.8. The number of hydrogen-bond donors (Lipinski definition) is 1. The van der Waals surface area contributed by atoms with Crippen molar-refractivity contribution in [1.29, 1.82) is 0 Å². The molecule has 1 N–H and O–H groups in total. The Morgan fingerprint density at radius 1 is 1.25 bits per heavy atom. The molecule has 32 heavy (non-hydrogen) atoms. The minimum atomic E-state index is -0.203. The van der Waals surface area contributed by atoms with Crippen LogP contribution in [0.5, 0.6) is 0 Å². The van der Waals surface area contributed by atoms with E-state index >= 15 is 0 Å². The lowest BCUT2D eigenvalue weighted by molar-refractivity contribution is 0.326. The predicted molar refractivity (Wildman–Crippen MR) is 130 cm³/mol. The van der Waals surface area contributed by atoms with Gasteiger partial charge in [-0.05, 0) is 36.3 Å². The molecule has 4 rings (SSSR count). The number of allylic oxidation sites excluding steroid dienone is 1. The summed E-state index contributed by atoms with van der Waals surface area (Å²) in [4.78, 5) is 25.9. The fourth-order valence-electron chi connectivity index (χ4n) is 3.63. The van der Waals surface area contributed by atoms with Gasteiger partial charge in [0.15, 0.2) is 0 Å². The summed E-state index contributed by atoms with van der Waals surface area (Å²) in [5.74, 6) is 0.502. The Morgan fingerprint density at radius 2 is 2.03 bits per heavy atom. The van der Waals surface area contributed by atoms with Crippen molar-refractivity contribution in [3.05, 3.63) is 88.2 Å². The van der Waals surface area contributed by atoms with Gasteiger partial charge >= 0.3 is 0 Å². The van der Waals surface area contributed by atoms with Crippen LogP contribution in [0.1, 0.15) is 43.4 Å². The summed E-state index contributed by atoms with van der Waals surface area (Å²) in [5.41, 5.74) is 6.50. The second kappa shape index (κ2) is 10.0. The first-order valence-electron chi connectivity index (χ1n) is 10.8. The number of nitrogens with zero attached hydrogens (tertiary/aromatic N) is 5. The summed E-state index contributed by atoms with van der Waals surface area (Å²) in [6.07, 6.45) is 9.42. The molecule has 1 aliphatic heterocycles. The molecule has 0 fully saturated rings. The number of aromatic nitrogens is 5. The van der Waals surface area contributed by atoms with E-state index in [1.165, 1.54) is 17.8 Å². The molecule has 1 aliphatic rings. The van der Waals surface area contributed by atoms with Crippen LogP contribution in [0.25, 0.3) is 23.4 Å². The Bertz CT molecular complexity index is 1220. The van der Waals surface area contributed by atoms with E-state index in [1.807, 2.05) is 50.8 Å². The van der Waals surface area contributed by atoms with E-state index in [0.717, 1.165) is 47.7 Å². The number of rotatable bonds is 5. The third-order valence-corrected chi connectivity index (χ3v) is 5.41. The summed E-state index contributed by atoms with van der Waals surface area (Å²) in [6.45, 7) is 15.4. The molecule has 0 saturated carbocycles. The molecule has 0 atom stereocenters. The molecule has 3 aromatic rings. The van der Waals surface area contributed by atoms with Gasteiger partial charge in [0.25, 0.3) is 5.56 Å². The Kier molecular flexibility index (Phi) is 7.20. The van der Waals surface area contributed by atoms with Crippen molar-refractivity contribution in [2.45, 2.75) is 33.7 Å². The summed E-state index contributed by atoms with van der Waals surface area (Å²) in [6, 6.07) is 4.17. The molecule has 3 aromatic heterocycles. The average Bonchev–Trinajstić information content (AvgIpc) is 3.25. The van der Waals surface area contributed by atoms with Crippen molar-refractivity contribution >= 4 is 12.2 Å². The zero-order chi connectivity index (χ0) is 23.3. The number of fused-ring (bicyclic) bond motifs is 1. The Hall–Kier alpha value is -3.74. The maximum atomic E-state index is 12.0. The van der Waals surface area contributed by atoms with Gasteiger partial charge in [-0.15, -0.1) is 0 Å². The molecule has 4 heterocycles. The molecule has 0 amide bonds. The first-order chi connectivity index (χ1) is 15.5. The van der Waals surface area contributed by atoms with E-state index in [-0.39, 0.29) is 5.56 Å². The molecule has 0 unspecified atom stereocenters. The van der Waals surface area contributed by atoms with Crippen molar-refractivity contribution in [2.24, 2.45) is 7.05 Å². The molecular weight excluding hydrogens is 400 g/mol. The van der Waals surface area contributed by atoms with Crippen LogP contribution in [0.4, 0.5) is 0 Å². The minimum absolute atomic E-state index is 0.203. The third kappa shape index (κ3) is 4.77. The number of aromatic amines is 1. The van der Waals surface area contributed by atoms with E-state index in [1.54, 1.807) is 6.20 Å². The maximum Gasteiger partial charge on any atom is 0.258 e. The SMILES string of the molecule is C=Cc1cnc(/C=C(/C)C(=C)N2CCc3ncc(-c4ccnn4C)cc3C2)[nH]c1=O.CC. The standard InChI is InChI=1S/C23H24N6O.C2H6/c1-5-17-12-25-22(27-23(17)30)10-15(2)16(3)29-9-7-20-19(14-29)11-18(13-24-20)21-6-8-26-28(21)4;1-2/h5-6,8,10-13H,1,3,7,9,14H2,2,4H3,(H,25,27,30);1-2H3/b15-10-;. The minimum Gasteiger partial charge on any atom is -0.367 e. The molecule has 0 bridgehead atoms. The zero-order valence-electron chi connectivity index (χ0n) is 19.2. The number of aryl methyl sites for hydroxylation is 1. The Morgan fingerprint density at radius 3 is 2.69 bits per heavy atom. The molecule has 166 valence electrons. The smallest absolute Gasteiger partial charge is 0.258 e. The normalized spacial score (nSPS) is 13.1. The van der Waals surface area contributed by atoms with E-state index in [9.17, 15) is 4.79 Å². The van der Waals surface area contributed by atoms with E-state index in [2.05, 4.69) is 44.2 Å². The van der Waals surface area contributed by atoms with Crippen LogP contribution in [0.15, 0.2) is 59.9 Å². The van der Waals surface area contributed by atoms with Crippen molar-refractivity contribution < 1.29 is 0 Å². The highest BCUT2D eigenvalue weighted by molar-refractivity contribution is 5.60. The van der Waals surface area contributed by atoms with Crippen molar-refractivity contribution in [3.8, 4) is 11.3 Å². The van der Waals surface area contributed by atoms with Crippen LogP contribution >= 0.6 is 0 Å². The van der Waals surface area contributed by atoms with Gasteiger partial charge in [0.1, 0.15) is 5.82 Å². The third-order valence-electron chi connectivity index (χ3n) is 5.41. The van der Waals surface area contributed by atoms with Gasteiger partial charge in [-0.2, -0.15) is 5.10 Å². The Labute approximate surface area is 188 Å². The predicted octanol–water partition coefficient (Wildman–Crippen LogP) is 4.21. The number of H-pyrrole nitrogens is 1. The van der Waals surface area contributed by atoms with Crippen LogP contribution in [0.2, 0.25) is 0 Å². The second-order valence-electron chi connectivity index (χ2n) is 7.37. The highest BCUT2D eigenvalue weighted by atomic mass is 16.1. The fraction of sp³-hybridized carbons (Fsp3) is 0.280. The van der Waals surface area contributed by atoms with Gasteiger partial charge in [0, 0.05) is 62.1 Å². The van der Waals surface area contributed by atoms with E-state index in [4.69, 9.17) is 0 Å². The van der Waals surface area contributed by atoms with Crippen molar-refractivity contribution in [3.63, 3.8) is 0 Å². The quantitative estimate of drug-likeness (QED) is 0.614. The molecule has 7 heteroatoms. The highest BCUT2D eigenvalue weighted by Gasteiger charge is 2.20. The monoisotopic (exact) mass is 430 g/mol. The number of nitrogens with one attached hydrogen (secondary N) is 1. The summed E-state index contributed by atoms with van der Waals surface area (Å²) in [7, 11) is 1.93. The molecule has 0 aliphatic carbocycles. The second-order valence-corrected chi connectivity index (χ2v) is 7.37. The number of pyridine rings is 1. The van der Waals surface area contributed by atoms with E-state index < -0.39 is 0 Å². The summed E-state index contributed by atoms with van der Waals surface area (Å²) < 4.78 is 1.85. The van der Waals surface area contributed by atoms with Crippen LogP contribution in [-0.2, 0) is 20.0 Å². The van der Waals surface area contributed by atoms with Crippen molar-refractivity contribution in [2.75, 3.05) is 6.54 Å². The topological polar surface area (TPSA) is 79.7 Å². The first kappa shape index (κ1) is 22.9. The summed E-state index contributed by atoms with van der Waals surface area (Å²) in [5, 5.41) is 4.25. The molecule has 0 saturated heterocycles. The van der Waals surface area contributed by atoms with Gasteiger partial charge in [0.2, 0.25) is 0 Å². The average molecular weight is 431 g/mol. The molecule has 7 nitrogen and oxygen atoms in total. The van der Waals surface area contributed by atoms with Crippen LogP contribution in [0.3, 0.4) is 0 Å². The van der Waals surface area contributed by atoms with Crippen molar-refractivity contribution in [1.82, 2.24) is 29.6 Å². The van der Waals surface area contributed by atoms with E-state index in [0.29, 0.717) is 11.4 Å². The molecule has 0 radical (unpaired) electrons. The lowest BCUT2D eigenvalue weighted by atomic mass is 10.0. The van der Waals surface area contributed by atoms with Crippen LogP contribution in [-0.4, -0.2) is 36.2 Å². The maximum absolute atomic E-state index is 12.0. The van der Waals surface area contributed by atoms with Gasteiger partial charge < -0.3 is 9.88 Å². The van der Waals surface area contributed by atoms with Crippen LogP contribution in [0, 0.1) is 0 Å². The van der Waals surface area contributed by atoms with Gasteiger partial charge in [0.05, 0.1) is 11.3 Å². The van der Waals surface area contributed by atoms with Gasteiger partial charge in [-0.3, -0.25) is 14.5 Å². The zero-order valence-corrected chi connectivity index (χ0v) is 19.2. The lowest BCUT2D eigenvalue weighted by Crippen LogP contribution is -2.30. The van der Waals surface area contributed by atoms with Crippen LogP contribution < -0.4 is 5.56 Å².